The second-order valence-corrected chi connectivity index (χ2v) is 4.75. The highest BCUT2D eigenvalue weighted by Gasteiger charge is 2.23. The molecule has 1 atom stereocenters. The van der Waals surface area contributed by atoms with Gasteiger partial charge in [-0.3, -0.25) is 4.90 Å². The molecule has 21 heavy (non-hydrogen) atoms. The Morgan fingerprint density at radius 2 is 2.05 bits per heavy atom. The van der Waals surface area contributed by atoms with E-state index in [-0.39, 0.29) is 36.6 Å². The van der Waals surface area contributed by atoms with E-state index >= 15 is 0 Å². The Labute approximate surface area is 139 Å². The van der Waals surface area contributed by atoms with Crippen LogP contribution >= 0.6 is 24.8 Å². The molecule has 0 bridgehead atoms. The number of ether oxygens (including phenoxy) is 1. The van der Waals surface area contributed by atoms with Crippen molar-refractivity contribution in [2.45, 2.75) is 12.5 Å². The molecule has 4 nitrogen and oxygen atoms in total. The van der Waals surface area contributed by atoms with Crippen LogP contribution in [-0.2, 0) is 0 Å². The van der Waals surface area contributed by atoms with E-state index in [0.29, 0.717) is 0 Å². The zero-order valence-corrected chi connectivity index (χ0v) is 13.9. The number of nitrogens with zero attached hydrogens (tertiary/aromatic N) is 1. The van der Waals surface area contributed by atoms with Crippen LogP contribution in [0.1, 0.15) is 18.0 Å². The molecule has 1 aromatic rings. The molecule has 6 heteroatoms. The van der Waals surface area contributed by atoms with Gasteiger partial charge >= 0.3 is 0 Å². The molecule has 1 aromatic carbocycles. The van der Waals surface area contributed by atoms with Crippen molar-refractivity contribution < 1.29 is 9.84 Å². The first-order valence-electron chi connectivity index (χ1n) is 6.69. The van der Waals surface area contributed by atoms with Gasteiger partial charge in [0.15, 0.2) is 0 Å². The number of hydrogen-bond donors (Lipinski definition) is 2. The molecule has 0 unspecified atom stereocenters. The predicted molar refractivity (Wildman–Crippen MR) is 91.2 cm³/mol. The highest BCUT2D eigenvalue weighted by atomic mass is 35.5. The van der Waals surface area contributed by atoms with Crippen LogP contribution in [0.3, 0.4) is 0 Å². The Morgan fingerprint density at radius 1 is 1.38 bits per heavy atom. The number of phenolic OH excluding ortho intramolecular Hbond substituents is 1. The minimum Gasteiger partial charge on any atom is -0.508 e. The average molecular weight is 335 g/mol. The van der Waals surface area contributed by atoms with Crippen LogP contribution in [-0.4, -0.2) is 43.3 Å². The van der Waals surface area contributed by atoms with Gasteiger partial charge in [-0.2, -0.15) is 0 Å². The van der Waals surface area contributed by atoms with Gasteiger partial charge in [0.2, 0.25) is 0 Å². The van der Waals surface area contributed by atoms with Crippen LogP contribution in [0.2, 0.25) is 0 Å². The molecular weight excluding hydrogens is 311 g/mol. The molecule has 0 radical (unpaired) electrons. The van der Waals surface area contributed by atoms with E-state index in [4.69, 9.17) is 4.74 Å². The number of halogens is 2. The second-order valence-electron chi connectivity index (χ2n) is 4.75. The number of methoxy groups -OCH3 is 1. The van der Waals surface area contributed by atoms with Crippen LogP contribution in [0.4, 0.5) is 0 Å². The van der Waals surface area contributed by atoms with Crippen molar-refractivity contribution in [1.29, 1.82) is 0 Å². The van der Waals surface area contributed by atoms with Crippen molar-refractivity contribution in [1.82, 2.24) is 10.2 Å². The summed E-state index contributed by atoms with van der Waals surface area (Å²) in [6, 6.07) is 5.60. The molecule has 0 aromatic heterocycles. The average Bonchev–Trinajstić information content (AvgIpc) is 2.46. The van der Waals surface area contributed by atoms with Gasteiger partial charge in [0.05, 0.1) is 7.11 Å². The summed E-state index contributed by atoms with van der Waals surface area (Å²) < 4.78 is 5.41. The third kappa shape index (κ3) is 5.08. The molecule has 1 fully saturated rings. The summed E-state index contributed by atoms with van der Waals surface area (Å²) in [6.07, 6.45) is 2.82. The Hall–Kier alpha value is -0.940. The van der Waals surface area contributed by atoms with Gasteiger partial charge in [-0.1, -0.05) is 12.1 Å². The van der Waals surface area contributed by atoms with E-state index in [0.717, 1.165) is 43.9 Å². The molecule has 2 rings (SSSR count). The fraction of sp³-hybridized carbons (Fsp3) is 0.467. The van der Waals surface area contributed by atoms with Crippen LogP contribution in [0, 0.1) is 0 Å². The minimum atomic E-state index is 0. The molecule has 120 valence electrons. The molecule has 0 aliphatic carbocycles. The summed E-state index contributed by atoms with van der Waals surface area (Å²) in [7, 11) is 1.64. The van der Waals surface area contributed by atoms with E-state index in [9.17, 15) is 5.11 Å². The van der Waals surface area contributed by atoms with Crippen LogP contribution in [0.5, 0.6) is 11.5 Å². The first-order chi connectivity index (χ1) is 9.26. The van der Waals surface area contributed by atoms with Gasteiger partial charge in [-0.25, -0.2) is 0 Å². The maximum absolute atomic E-state index is 9.57. The SMILES string of the molecule is C=CC[C@H](c1ccc(O)cc1OC)N1CCNCC1.Cl.Cl. The van der Waals surface area contributed by atoms with Crippen molar-refractivity contribution in [2.75, 3.05) is 33.3 Å². The van der Waals surface area contributed by atoms with E-state index in [1.807, 2.05) is 12.1 Å². The smallest absolute Gasteiger partial charge is 0.127 e. The number of benzene rings is 1. The summed E-state index contributed by atoms with van der Waals surface area (Å²) in [5.74, 6) is 0.976. The maximum atomic E-state index is 9.57. The third-order valence-corrected chi connectivity index (χ3v) is 3.56. The highest BCUT2D eigenvalue weighted by molar-refractivity contribution is 5.85. The van der Waals surface area contributed by atoms with Crippen molar-refractivity contribution in [3.63, 3.8) is 0 Å². The van der Waals surface area contributed by atoms with E-state index in [1.165, 1.54) is 0 Å². The van der Waals surface area contributed by atoms with Crippen LogP contribution in [0.25, 0.3) is 0 Å². The van der Waals surface area contributed by atoms with Gasteiger partial charge in [0, 0.05) is 43.9 Å². The summed E-state index contributed by atoms with van der Waals surface area (Å²) in [5.41, 5.74) is 1.11. The van der Waals surface area contributed by atoms with Crippen molar-refractivity contribution >= 4 is 24.8 Å². The zero-order chi connectivity index (χ0) is 13.7. The fourth-order valence-corrected chi connectivity index (χ4v) is 2.60. The molecule has 1 saturated heterocycles. The highest BCUT2D eigenvalue weighted by Crippen LogP contribution is 2.34. The quantitative estimate of drug-likeness (QED) is 0.813. The first-order valence-corrected chi connectivity index (χ1v) is 6.69. The zero-order valence-electron chi connectivity index (χ0n) is 12.2. The summed E-state index contributed by atoms with van der Waals surface area (Å²) in [5, 5.41) is 12.9. The standard InChI is InChI=1S/C15H22N2O2.2ClH/c1-3-4-14(17-9-7-16-8-10-17)13-6-5-12(18)11-15(13)19-2;;/h3,5-6,11,14,16,18H,1,4,7-10H2,2H3;2*1H/t14-;;/m1../s1. The molecule has 1 heterocycles. The van der Waals surface area contributed by atoms with Crippen molar-refractivity contribution in [2.24, 2.45) is 0 Å². The lowest BCUT2D eigenvalue weighted by atomic mass is 10.00. The maximum Gasteiger partial charge on any atom is 0.127 e. The van der Waals surface area contributed by atoms with Gasteiger partial charge in [-0.05, 0) is 12.5 Å². The number of piperazine rings is 1. The molecule has 2 N–H and O–H groups in total. The minimum absolute atomic E-state index is 0. The predicted octanol–water partition coefficient (Wildman–Crippen LogP) is 2.77. The van der Waals surface area contributed by atoms with E-state index in [2.05, 4.69) is 16.8 Å². The molecule has 0 amide bonds. The number of hydrogen-bond acceptors (Lipinski definition) is 4. The number of phenols is 1. The van der Waals surface area contributed by atoms with Crippen LogP contribution < -0.4 is 10.1 Å². The molecular formula is C15H24Cl2N2O2. The largest absolute Gasteiger partial charge is 0.508 e. The van der Waals surface area contributed by atoms with Gasteiger partial charge in [0.25, 0.3) is 0 Å². The number of aromatic hydroxyl groups is 1. The Morgan fingerprint density at radius 3 is 2.62 bits per heavy atom. The lowest BCUT2D eigenvalue weighted by molar-refractivity contribution is 0.171. The summed E-state index contributed by atoms with van der Waals surface area (Å²) in [4.78, 5) is 2.44. The monoisotopic (exact) mass is 334 g/mol. The molecule has 0 saturated carbocycles. The summed E-state index contributed by atoms with van der Waals surface area (Å²) in [6.45, 7) is 7.91. The van der Waals surface area contributed by atoms with Crippen molar-refractivity contribution in [3.8, 4) is 11.5 Å². The Balaban J connectivity index is 0.00000200. The molecule has 1 aliphatic rings. The topological polar surface area (TPSA) is 44.7 Å². The van der Waals surface area contributed by atoms with Gasteiger partial charge < -0.3 is 15.2 Å². The normalized spacial score (nSPS) is 16.2. The van der Waals surface area contributed by atoms with E-state index < -0.39 is 0 Å². The number of nitrogens with one attached hydrogen (secondary N) is 1. The van der Waals surface area contributed by atoms with Gasteiger partial charge in [-0.15, -0.1) is 31.4 Å². The first kappa shape index (κ1) is 20.1. The van der Waals surface area contributed by atoms with E-state index in [1.54, 1.807) is 19.2 Å². The fourth-order valence-electron chi connectivity index (χ4n) is 2.60. The number of rotatable bonds is 5. The Kier molecular flexibility index (Phi) is 9.46. The lowest BCUT2D eigenvalue weighted by Gasteiger charge is -2.35. The molecule has 1 aliphatic heterocycles. The van der Waals surface area contributed by atoms with Crippen molar-refractivity contribution in [3.05, 3.63) is 36.4 Å². The molecule has 0 spiro atoms. The second kappa shape index (κ2) is 9.90. The summed E-state index contributed by atoms with van der Waals surface area (Å²) >= 11 is 0. The van der Waals surface area contributed by atoms with Gasteiger partial charge in [0.1, 0.15) is 11.5 Å². The third-order valence-electron chi connectivity index (χ3n) is 3.56. The lowest BCUT2D eigenvalue weighted by Crippen LogP contribution is -2.45. The van der Waals surface area contributed by atoms with Crippen LogP contribution in [0.15, 0.2) is 30.9 Å². The Bertz CT molecular complexity index is 438.